The molecular weight excluding hydrogens is 496 g/mol. The molecule has 4 nitrogen and oxygen atoms in total. The highest BCUT2D eigenvalue weighted by Crippen LogP contribution is 2.61. The van der Waals surface area contributed by atoms with Gasteiger partial charge >= 0.3 is 11.9 Å². The Morgan fingerprint density at radius 2 is 1.43 bits per heavy atom. The van der Waals surface area contributed by atoms with E-state index >= 15 is 0 Å². The third-order valence-electron chi connectivity index (χ3n) is 9.91. The molecule has 4 aromatic rings. The lowest BCUT2D eigenvalue weighted by atomic mass is 9.47. The Labute approximate surface area is 235 Å². The first-order chi connectivity index (χ1) is 19.4. The second-order valence-electron chi connectivity index (χ2n) is 12.5. The van der Waals surface area contributed by atoms with Crippen LogP contribution in [0.3, 0.4) is 0 Å². The van der Waals surface area contributed by atoms with E-state index in [9.17, 15) is 14.7 Å². The molecule has 0 heterocycles. The Hall–Kier alpha value is -3.92. The van der Waals surface area contributed by atoms with Crippen LogP contribution in [-0.2, 0) is 16.8 Å². The van der Waals surface area contributed by atoms with Crippen molar-refractivity contribution < 1.29 is 19.4 Å². The number of hydrogen-bond donors (Lipinski definition) is 1. The maximum absolute atomic E-state index is 13.6. The molecule has 4 bridgehead atoms. The number of carbonyl (C=O) groups excluding carboxylic acids is 1. The number of fused-ring (bicyclic) bond motifs is 1. The van der Waals surface area contributed by atoms with E-state index in [0.717, 1.165) is 70.0 Å². The van der Waals surface area contributed by atoms with E-state index in [0.29, 0.717) is 11.1 Å². The van der Waals surface area contributed by atoms with Gasteiger partial charge in [-0.1, -0.05) is 54.6 Å². The Bertz CT molecular complexity index is 1600. The number of carboxylic acid groups (broad SMARTS) is 1. The Balaban J connectivity index is 1.29. The predicted octanol–water partition coefficient (Wildman–Crippen LogP) is 8.34. The van der Waals surface area contributed by atoms with Crippen molar-refractivity contribution in [2.75, 3.05) is 0 Å². The van der Waals surface area contributed by atoms with Gasteiger partial charge in [-0.25, -0.2) is 9.59 Å². The molecule has 0 radical (unpaired) electrons. The third-order valence-corrected chi connectivity index (χ3v) is 9.91. The molecule has 4 aliphatic rings. The molecule has 0 spiro atoms. The third kappa shape index (κ3) is 4.30. The lowest BCUT2D eigenvalue weighted by Crippen LogP contribution is -2.49. The van der Waals surface area contributed by atoms with Crippen LogP contribution in [0.1, 0.15) is 75.9 Å². The van der Waals surface area contributed by atoms with Crippen LogP contribution in [0.25, 0.3) is 21.9 Å². The van der Waals surface area contributed by atoms with Gasteiger partial charge in [0.25, 0.3) is 0 Å². The number of hydrogen-bond acceptors (Lipinski definition) is 3. The maximum atomic E-state index is 13.6. The number of esters is 1. The summed E-state index contributed by atoms with van der Waals surface area (Å²) >= 11 is 0. The highest BCUT2D eigenvalue weighted by molar-refractivity contribution is 5.99. The molecule has 0 unspecified atom stereocenters. The van der Waals surface area contributed by atoms with Crippen molar-refractivity contribution in [1.29, 1.82) is 0 Å². The Morgan fingerprint density at radius 3 is 2.10 bits per heavy atom. The van der Waals surface area contributed by atoms with E-state index in [2.05, 4.69) is 18.2 Å². The van der Waals surface area contributed by atoms with Crippen LogP contribution in [0.2, 0.25) is 0 Å². The standard InChI is InChI=1S/C36H34O4/c1-22-30-10-7-27(16-29(30)9-11-31(22)34(37)38)28-8-12-32(35(39)40-21-23-5-3-2-4-6-23)33(17-28)36-18-24-13-25(19-36)15-26(14-24)20-36/h2-12,16-17,24-26H,13-15,18-21H2,1H3,(H,37,38). The number of benzene rings is 4. The van der Waals surface area contributed by atoms with Crippen LogP contribution >= 0.6 is 0 Å². The molecule has 4 saturated carbocycles. The second-order valence-corrected chi connectivity index (χ2v) is 12.5. The zero-order valence-electron chi connectivity index (χ0n) is 22.9. The van der Waals surface area contributed by atoms with E-state index in [4.69, 9.17) is 4.74 Å². The largest absolute Gasteiger partial charge is 0.478 e. The fourth-order valence-corrected chi connectivity index (χ4v) is 8.48. The summed E-state index contributed by atoms with van der Waals surface area (Å²) in [6, 6.07) is 26.0. The molecule has 202 valence electrons. The van der Waals surface area contributed by atoms with Crippen molar-refractivity contribution in [3.63, 3.8) is 0 Å². The minimum Gasteiger partial charge on any atom is -0.478 e. The molecular formula is C36H34O4. The van der Waals surface area contributed by atoms with Gasteiger partial charge in [0.15, 0.2) is 0 Å². The maximum Gasteiger partial charge on any atom is 0.338 e. The molecule has 0 amide bonds. The normalized spacial score (nSPS) is 24.8. The monoisotopic (exact) mass is 530 g/mol. The van der Waals surface area contributed by atoms with E-state index in [1.165, 1.54) is 24.8 Å². The molecule has 0 atom stereocenters. The van der Waals surface area contributed by atoms with Gasteiger partial charge in [0.05, 0.1) is 11.1 Å². The lowest BCUT2D eigenvalue weighted by molar-refractivity contribution is -0.00612. The van der Waals surface area contributed by atoms with Gasteiger partial charge in [-0.15, -0.1) is 0 Å². The van der Waals surface area contributed by atoms with Crippen molar-refractivity contribution in [1.82, 2.24) is 0 Å². The van der Waals surface area contributed by atoms with E-state index in [1.54, 1.807) is 6.07 Å². The number of ether oxygens (including phenoxy) is 1. The molecule has 1 N–H and O–H groups in total. The van der Waals surface area contributed by atoms with Crippen LogP contribution in [0.5, 0.6) is 0 Å². The molecule has 0 aromatic heterocycles. The number of aryl methyl sites for hydroxylation is 1. The van der Waals surface area contributed by atoms with Crippen molar-refractivity contribution in [3.05, 3.63) is 107 Å². The minimum absolute atomic E-state index is 0.0374. The summed E-state index contributed by atoms with van der Waals surface area (Å²) in [6.07, 6.45) is 7.52. The summed E-state index contributed by atoms with van der Waals surface area (Å²) in [7, 11) is 0. The van der Waals surface area contributed by atoms with Gasteiger partial charge in [-0.2, -0.15) is 0 Å². The summed E-state index contributed by atoms with van der Waals surface area (Å²) in [5.41, 5.74) is 6.18. The number of carbonyl (C=O) groups is 2. The highest BCUT2D eigenvalue weighted by Gasteiger charge is 2.52. The molecule has 4 fully saturated rings. The molecule has 0 saturated heterocycles. The first-order valence-electron chi connectivity index (χ1n) is 14.5. The zero-order chi connectivity index (χ0) is 27.4. The highest BCUT2D eigenvalue weighted by atomic mass is 16.5. The van der Waals surface area contributed by atoms with E-state index < -0.39 is 5.97 Å². The fourth-order valence-electron chi connectivity index (χ4n) is 8.48. The number of carboxylic acids is 1. The van der Waals surface area contributed by atoms with E-state index in [1.807, 2.05) is 61.5 Å². The van der Waals surface area contributed by atoms with Crippen LogP contribution in [0.15, 0.2) is 78.9 Å². The minimum atomic E-state index is -0.904. The van der Waals surface area contributed by atoms with Crippen molar-refractivity contribution in [3.8, 4) is 11.1 Å². The molecule has 40 heavy (non-hydrogen) atoms. The van der Waals surface area contributed by atoms with Crippen molar-refractivity contribution in [2.45, 2.75) is 57.5 Å². The topological polar surface area (TPSA) is 63.6 Å². The van der Waals surface area contributed by atoms with Gasteiger partial charge in [0.1, 0.15) is 6.61 Å². The SMILES string of the molecule is Cc1c(C(=O)O)ccc2cc(-c3ccc(C(=O)OCc4ccccc4)c(C45CC6CC(CC(C6)C4)C5)c3)ccc12. The summed E-state index contributed by atoms with van der Waals surface area (Å²) in [5, 5.41) is 11.5. The number of rotatable bonds is 6. The van der Waals surface area contributed by atoms with Crippen molar-refractivity contribution >= 4 is 22.7 Å². The first-order valence-corrected chi connectivity index (χ1v) is 14.5. The molecule has 8 rings (SSSR count). The van der Waals surface area contributed by atoms with Gasteiger partial charge in [0.2, 0.25) is 0 Å². The van der Waals surface area contributed by atoms with Gasteiger partial charge < -0.3 is 9.84 Å². The zero-order valence-corrected chi connectivity index (χ0v) is 22.9. The smallest absolute Gasteiger partial charge is 0.338 e. The van der Waals surface area contributed by atoms with Crippen LogP contribution in [0.4, 0.5) is 0 Å². The Kier molecular flexibility index (Phi) is 6.03. The second kappa shape index (κ2) is 9.62. The van der Waals surface area contributed by atoms with Gasteiger partial charge in [-0.05, 0) is 131 Å². The van der Waals surface area contributed by atoms with Gasteiger partial charge in [-0.3, -0.25) is 0 Å². The quantitative estimate of drug-likeness (QED) is 0.255. The van der Waals surface area contributed by atoms with Crippen LogP contribution in [0, 0.1) is 24.7 Å². The predicted molar refractivity (Wildman–Crippen MR) is 156 cm³/mol. The van der Waals surface area contributed by atoms with E-state index in [-0.39, 0.29) is 18.0 Å². The molecule has 4 heteroatoms. The lowest BCUT2D eigenvalue weighted by Gasteiger charge is -2.57. The summed E-state index contributed by atoms with van der Waals surface area (Å²) in [6.45, 7) is 2.14. The number of aromatic carboxylic acids is 1. The summed E-state index contributed by atoms with van der Waals surface area (Å²) in [5.74, 6) is 1.13. The first kappa shape index (κ1) is 25.1. The average Bonchev–Trinajstić information content (AvgIpc) is 2.95. The molecule has 4 aromatic carbocycles. The van der Waals surface area contributed by atoms with Crippen molar-refractivity contribution in [2.24, 2.45) is 17.8 Å². The summed E-state index contributed by atoms with van der Waals surface area (Å²) in [4.78, 5) is 25.2. The van der Waals surface area contributed by atoms with Crippen LogP contribution in [-0.4, -0.2) is 17.0 Å². The molecule has 0 aliphatic heterocycles. The fraction of sp³-hybridized carbons (Fsp3) is 0.333. The Morgan fingerprint density at radius 1 is 0.800 bits per heavy atom. The molecule has 4 aliphatic carbocycles. The average molecular weight is 531 g/mol. The summed E-state index contributed by atoms with van der Waals surface area (Å²) < 4.78 is 5.88. The van der Waals surface area contributed by atoms with Gasteiger partial charge in [0, 0.05) is 0 Å². The van der Waals surface area contributed by atoms with Crippen LogP contribution < -0.4 is 0 Å².